The van der Waals surface area contributed by atoms with Gasteiger partial charge in [-0.1, -0.05) is 127 Å². The fourth-order valence-corrected chi connectivity index (χ4v) is 11.2. The van der Waals surface area contributed by atoms with Crippen molar-refractivity contribution in [2.75, 3.05) is 0 Å². The number of nitriles is 2. The fourth-order valence-electron chi connectivity index (χ4n) is 11.2. The van der Waals surface area contributed by atoms with E-state index in [2.05, 4.69) is 112 Å². The molecule has 9 nitrogen and oxygen atoms in total. The van der Waals surface area contributed by atoms with Gasteiger partial charge in [0.25, 0.3) is 0 Å². The van der Waals surface area contributed by atoms with Crippen LogP contribution in [0.2, 0.25) is 0 Å². The number of furan rings is 2. The third-order valence-corrected chi connectivity index (χ3v) is 14.5. The maximum Gasteiger partial charge on any atom is 0.166 e. The quantitative estimate of drug-likeness (QED) is 0.163. The van der Waals surface area contributed by atoms with Crippen LogP contribution >= 0.6 is 0 Å². The molecule has 0 saturated heterocycles. The van der Waals surface area contributed by atoms with Gasteiger partial charge >= 0.3 is 0 Å². The zero-order valence-corrected chi connectivity index (χ0v) is 39.2. The lowest BCUT2D eigenvalue weighted by molar-refractivity contribution is 0.672. The third kappa shape index (κ3) is 6.05. The van der Waals surface area contributed by atoms with E-state index in [0.717, 1.165) is 116 Å². The first kappa shape index (κ1) is 41.2. The molecule has 5 heterocycles. The van der Waals surface area contributed by atoms with E-state index in [1.807, 2.05) is 121 Å². The van der Waals surface area contributed by atoms with E-state index in [1.54, 1.807) is 0 Å². The Labute approximate surface area is 421 Å². The Balaban J connectivity index is 1.03. The van der Waals surface area contributed by atoms with Crippen LogP contribution in [0.1, 0.15) is 11.1 Å². The van der Waals surface area contributed by atoms with Gasteiger partial charge in [0.05, 0.1) is 67.5 Å². The molecule has 10 aromatic carbocycles. The summed E-state index contributed by atoms with van der Waals surface area (Å²) in [5.41, 5.74) is 13.4. The van der Waals surface area contributed by atoms with Gasteiger partial charge in [-0.25, -0.2) is 15.0 Å². The second-order valence-corrected chi connectivity index (χ2v) is 18.5. The zero-order valence-electron chi connectivity index (χ0n) is 39.2. The Hall–Kier alpha value is -10.6. The number of nitrogens with zero attached hydrogens (tertiary/aromatic N) is 7. The van der Waals surface area contributed by atoms with Crippen molar-refractivity contribution < 1.29 is 8.83 Å². The average Bonchev–Trinajstić information content (AvgIpc) is 4.25. The van der Waals surface area contributed by atoms with Gasteiger partial charge in [-0.15, -0.1) is 0 Å². The number of aromatic nitrogens is 5. The van der Waals surface area contributed by atoms with Crippen LogP contribution in [0, 0.1) is 22.7 Å². The highest BCUT2D eigenvalue weighted by Gasteiger charge is 2.26. The molecular formula is C65H35N7O2. The van der Waals surface area contributed by atoms with Crippen molar-refractivity contribution in [3.63, 3.8) is 0 Å². The van der Waals surface area contributed by atoms with Gasteiger partial charge in [0.1, 0.15) is 22.3 Å². The minimum Gasteiger partial charge on any atom is -0.455 e. The van der Waals surface area contributed by atoms with Crippen LogP contribution in [-0.2, 0) is 0 Å². The van der Waals surface area contributed by atoms with Crippen molar-refractivity contribution in [2.45, 2.75) is 0 Å². The molecule has 74 heavy (non-hydrogen) atoms. The Morgan fingerprint density at radius 1 is 0.351 bits per heavy atom. The molecule has 0 radical (unpaired) electrons. The summed E-state index contributed by atoms with van der Waals surface area (Å²) in [5.74, 6) is 1.29. The number of hydrogen-bond acceptors (Lipinski definition) is 7. The molecule has 0 fully saturated rings. The van der Waals surface area contributed by atoms with Crippen LogP contribution in [0.5, 0.6) is 0 Å². The first-order chi connectivity index (χ1) is 36.6. The van der Waals surface area contributed by atoms with Crippen LogP contribution in [0.25, 0.3) is 144 Å². The topological polar surface area (TPSA) is 122 Å². The highest BCUT2D eigenvalue weighted by Crippen LogP contribution is 2.45. The van der Waals surface area contributed by atoms with Gasteiger partial charge in [-0.2, -0.15) is 10.5 Å². The van der Waals surface area contributed by atoms with E-state index < -0.39 is 0 Å². The summed E-state index contributed by atoms with van der Waals surface area (Å²) in [4.78, 5) is 16.2. The molecular weight excluding hydrogens is 911 g/mol. The van der Waals surface area contributed by atoms with Gasteiger partial charge in [0.2, 0.25) is 0 Å². The van der Waals surface area contributed by atoms with Gasteiger partial charge in [0.15, 0.2) is 17.5 Å². The predicted molar refractivity (Wildman–Crippen MR) is 294 cm³/mol. The second kappa shape index (κ2) is 16.0. The highest BCUT2D eigenvalue weighted by atomic mass is 16.3. The second-order valence-electron chi connectivity index (χ2n) is 18.5. The maximum absolute atomic E-state index is 10.5. The summed E-state index contributed by atoms with van der Waals surface area (Å²) in [6.45, 7) is 0. The molecule has 0 aliphatic heterocycles. The molecule has 0 aliphatic carbocycles. The smallest absolute Gasteiger partial charge is 0.166 e. The van der Waals surface area contributed by atoms with Crippen molar-refractivity contribution in [2.24, 2.45) is 0 Å². The Bertz CT molecular complexity index is 4950. The van der Waals surface area contributed by atoms with Crippen LogP contribution in [0.15, 0.2) is 221 Å². The molecule has 9 heteroatoms. The van der Waals surface area contributed by atoms with E-state index in [1.165, 1.54) is 0 Å². The number of rotatable bonds is 6. The molecule has 0 unspecified atom stereocenters. The van der Waals surface area contributed by atoms with E-state index in [4.69, 9.17) is 23.8 Å². The standard InChI is InChI=1S/C65H35N7O2/c66-36-38-26-28-49(56(34-38)72-52-23-11-7-21-48(52)60-55(72)33-30-46-44-19-9-13-25-58(44)74-62(46)60)64-68-63(39-14-2-1-3-15-39)69-65(70-64)50-35-40(42-17-5-4-16-41(42)37-67)27-31-53(50)71-51-22-10-6-20-47(51)59-54(71)32-29-45-43-18-8-12-24-57(43)73-61(45)59/h1-35H. The highest BCUT2D eigenvalue weighted by molar-refractivity contribution is 6.25. The molecule has 15 aromatic rings. The van der Waals surface area contributed by atoms with Gasteiger partial charge in [-0.05, 0) is 96.1 Å². The number of para-hydroxylation sites is 4. The van der Waals surface area contributed by atoms with Crippen LogP contribution in [0.4, 0.5) is 0 Å². The van der Waals surface area contributed by atoms with Crippen molar-refractivity contribution in [3.05, 3.63) is 223 Å². The Kier molecular flexibility index (Phi) is 8.88. The van der Waals surface area contributed by atoms with Gasteiger partial charge in [0, 0.05) is 49.0 Å². The maximum atomic E-state index is 10.5. The first-order valence-corrected chi connectivity index (χ1v) is 24.3. The average molecular weight is 946 g/mol. The number of fused-ring (bicyclic) bond motifs is 14. The minimum absolute atomic E-state index is 0.407. The lowest BCUT2D eigenvalue weighted by atomic mass is 9.97. The molecule has 342 valence electrons. The van der Waals surface area contributed by atoms with E-state index in [-0.39, 0.29) is 0 Å². The van der Waals surface area contributed by atoms with Crippen LogP contribution in [-0.4, -0.2) is 24.1 Å². The Morgan fingerprint density at radius 3 is 1.53 bits per heavy atom. The van der Waals surface area contributed by atoms with Crippen molar-refractivity contribution >= 4 is 87.5 Å². The summed E-state index contributed by atoms with van der Waals surface area (Å²) in [6.07, 6.45) is 0. The van der Waals surface area contributed by atoms with E-state index in [9.17, 15) is 10.5 Å². The summed E-state index contributed by atoms with van der Waals surface area (Å²) < 4.78 is 17.8. The molecule has 0 bridgehead atoms. The molecule has 0 aliphatic rings. The lowest BCUT2D eigenvalue weighted by Gasteiger charge is -2.18. The summed E-state index contributed by atoms with van der Waals surface area (Å²) >= 11 is 0. The van der Waals surface area contributed by atoms with Crippen LogP contribution in [0.3, 0.4) is 0 Å². The van der Waals surface area contributed by atoms with Gasteiger partial charge < -0.3 is 18.0 Å². The van der Waals surface area contributed by atoms with Crippen LogP contribution < -0.4 is 0 Å². The lowest BCUT2D eigenvalue weighted by Crippen LogP contribution is -2.06. The fraction of sp³-hybridized carbons (Fsp3) is 0. The molecule has 5 aromatic heterocycles. The molecule has 0 spiro atoms. The summed E-state index contributed by atoms with van der Waals surface area (Å²) in [5, 5.41) is 29.1. The van der Waals surface area contributed by atoms with Crippen molar-refractivity contribution in [1.29, 1.82) is 10.5 Å². The summed E-state index contributed by atoms with van der Waals surface area (Å²) in [6, 6.07) is 75.8. The molecule has 0 saturated carbocycles. The molecule has 15 rings (SSSR count). The summed E-state index contributed by atoms with van der Waals surface area (Å²) in [7, 11) is 0. The minimum atomic E-state index is 0.407. The number of hydrogen-bond donors (Lipinski definition) is 0. The van der Waals surface area contributed by atoms with Crippen molar-refractivity contribution in [1.82, 2.24) is 24.1 Å². The van der Waals surface area contributed by atoms with E-state index in [0.29, 0.717) is 39.7 Å². The SMILES string of the molecule is N#Cc1ccc(-c2nc(-c3ccccc3)nc(-c3cc(-c4ccccc4C#N)ccc3-n3c4ccccc4c4c5oc6ccccc6c5ccc43)n2)c(-n2c3ccccc3c3c4oc5ccccc5c4ccc32)c1. The number of benzene rings is 10. The molecule has 0 N–H and O–H groups in total. The largest absolute Gasteiger partial charge is 0.455 e. The normalized spacial score (nSPS) is 11.8. The first-order valence-electron chi connectivity index (χ1n) is 24.3. The van der Waals surface area contributed by atoms with Crippen molar-refractivity contribution in [3.8, 4) is 68.8 Å². The van der Waals surface area contributed by atoms with Gasteiger partial charge in [-0.3, -0.25) is 0 Å². The van der Waals surface area contributed by atoms with E-state index >= 15 is 0 Å². The Morgan fingerprint density at radius 2 is 0.892 bits per heavy atom. The monoisotopic (exact) mass is 945 g/mol. The molecule has 0 atom stereocenters. The third-order valence-electron chi connectivity index (χ3n) is 14.5. The predicted octanol–water partition coefficient (Wildman–Crippen LogP) is 16.3. The zero-order chi connectivity index (χ0) is 49.0. The molecule has 0 amide bonds.